The first-order chi connectivity index (χ1) is 8.41. The molecule has 1 aliphatic heterocycles. The molecule has 0 radical (unpaired) electrons. The number of hydrogen-bond donors (Lipinski definition) is 1. The molecule has 2 rings (SSSR count). The van der Waals surface area contributed by atoms with E-state index in [9.17, 15) is 8.42 Å². The summed E-state index contributed by atoms with van der Waals surface area (Å²) in [6, 6.07) is 4.27. The van der Waals surface area contributed by atoms with E-state index < -0.39 is 10.0 Å². The number of hydrogen-bond acceptors (Lipinski definition) is 3. The zero-order valence-corrected chi connectivity index (χ0v) is 13.2. The predicted molar refractivity (Wildman–Crippen MR) is 79.7 cm³/mol. The van der Waals surface area contributed by atoms with Crippen molar-refractivity contribution in [2.45, 2.75) is 23.8 Å². The molecule has 1 saturated heterocycles. The Morgan fingerprint density at radius 2 is 2.00 bits per heavy atom. The van der Waals surface area contributed by atoms with Gasteiger partial charge in [-0.15, -0.1) is 12.4 Å². The highest BCUT2D eigenvalue weighted by atomic mass is 35.5. The Bertz CT molecular complexity index is 551. The Balaban J connectivity index is 0.00000180. The van der Waals surface area contributed by atoms with Crippen LogP contribution < -0.4 is 5.73 Å². The lowest BCUT2D eigenvalue weighted by Gasteiger charge is -2.30. The molecule has 1 aromatic carbocycles. The molecule has 19 heavy (non-hydrogen) atoms. The Hall–Kier alpha value is -0.0400. The minimum Gasteiger partial charge on any atom is -0.327 e. The summed E-state index contributed by atoms with van der Waals surface area (Å²) in [5.74, 6) is 0. The predicted octanol–water partition coefficient (Wildman–Crippen LogP) is 2.53. The lowest BCUT2D eigenvalue weighted by Crippen LogP contribution is -2.45. The highest BCUT2D eigenvalue weighted by Crippen LogP contribution is 2.28. The number of sulfonamides is 1. The quantitative estimate of drug-likeness (QED) is 0.896. The molecule has 1 aliphatic rings. The molecule has 0 amide bonds. The second kappa shape index (κ2) is 6.61. The lowest BCUT2D eigenvalue weighted by molar-refractivity contribution is 0.316. The van der Waals surface area contributed by atoms with Crippen LogP contribution >= 0.6 is 35.6 Å². The molecular weight excluding hydrogens is 331 g/mol. The molecule has 1 heterocycles. The van der Waals surface area contributed by atoms with Gasteiger partial charge in [0.15, 0.2) is 0 Å². The Kier molecular flexibility index (Phi) is 5.92. The third-order valence-corrected chi connectivity index (χ3v) is 5.52. The highest BCUT2D eigenvalue weighted by Gasteiger charge is 2.30. The number of nitrogens with zero attached hydrogens (tertiary/aromatic N) is 1. The third-order valence-electron chi connectivity index (χ3n) is 2.93. The van der Waals surface area contributed by atoms with E-state index in [1.165, 1.54) is 22.5 Å². The van der Waals surface area contributed by atoms with Crippen molar-refractivity contribution in [2.75, 3.05) is 13.1 Å². The van der Waals surface area contributed by atoms with Crippen LogP contribution in [0, 0.1) is 0 Å². The zero-order valence-electron chi connectivity index (χ0n) is 10.1. The molecule has 0 aromatic heterocycles. The van der Waals surface area contributed by atoms with Crippen LogP contribution in [0.15, 0.2) is 23.1 Å². The number of rotatable bonds is 2. The van der Waals surface area contributed by atoms with Crippen molar-refractivity contribution < 1.29 is 8.42 Å². The second-order valence-electron chi connectivity index (χ2n) is 4.34. The van der Waals surface area contributed by atoms with E-state index in [-0.39, 0.29) is 28.4 Å². The molecule has 108 valence electrons. The summed E-state index contributed by atoms with van der Waals surface area (Å²) < 4.78 is 26.2. The average molecular weight is 346 g/mol. The molecular formula is C11H15Cl3N2O2S. The number of nitrogens with two attached hydrogens (primary N) is 1. The van der Waals surface area contributed by atoms with E-state index in [4.69, 9.17) is 28.9 Å². The van der Waals surface area contributed by atoms with Gasteiger partial charge >= 0.3 is 0 Å². The summed E-state index contributed by atoms with van der Waals surface area (Å²) in [6.07, 6.45) is 1.62. The lowest BCUT2D eigenvalue weighted by atomic mass is 10.1. The van der Waals surface area contributed by atoms with Crippen molar-refractivity contribution in [1.82, 2.24) is 4.31 Å². The van der Waals surface area contributed by atoms with Gasteiger partial charge in [-0.25, -0.2) is 8.42 Å². The van der Waals surface area contributed by atoms with Gasteiger partial charge in [-0.05, 0) is 31.0 Å². The van der Waals surface area contributed by atoms with E-state index in [0.717, 1.165) is 12.8 Å². The van der Waals surface area contributed by atoms with Crippen molar-refractivity contribution in [2.24, 2.45) is 5.73 Å². The average Bonchev–Trinajstić information content (AvgIpc) is 2.28. The van der Waals surface area contributed by atoms with E-state index >= 15 is 0 Å². The maximum atomic E-state index is 12.4. The van der Waals surface area contributed by atoms with Gasteiger partial charge in [0.25, 0.3) is 0 Å². The molecule has 0 bridgehead atoms. The number of benzene rings is 1. The van der Waals surface area contributed by atoms with Crippen LogP contribution in [-0.2, 0) is 10.0 Å². The fourth-order valence-electron chi connectivity index (χ4n) is 2.02. The van der Waals surface area contributed by atoms with Crippen LogP contribution in [0.3, 0.4) is 0 Å². The molecule has 4 nitrogen and oxygen atoms in total. The van der Waals surface area contributed by atoms with Gasteiger partial charge in [-0.2, -0.15) is 4.31 Å². The SMILES string of the molecule is Cl.N[C@H]1CCCN(S(=O)(=O)c2ccc(Cl)cc2Cl)C1. The minimum absolute atomic E-state index is 0. The fraction of sp³-hybridized carbons (Fsp3) is 0.455. The maximum Gasteiger partial charge on any atom is 0.244 e. The second-order valence-corrected chi connectivity index (χ2v) is 7.09. The van der Waals surface area contributed by atoms with E-state index in [1.807, 2.05) is 0 Å². The molecule has 0 saturated carbocycles. The molecule has 1 fully saturated rings. The highest BCUT2D eigenvalue weighted by molar-refractivity contribution is 7.89. The molecule has 0 spiro atoms. The van der Waals surface area contributed by atoms with Gasteiger partial charge in [0.05, 0.1) is 5.02 Å². The largest absolute Gasteiger partial charge is 0.327 e. The van der Waals surface area contributed by atoms with Gasteiger partial charge in [-0.1, -0.05) is 23.2 Å². The van der Waals surface area contributed by atoms with Crippen LogP contribution in [0.25, 0.3) is 0 Å². The summed E-state index contributed by atoms with van der Waals surface area (Å²) in [5, 5.41) is 0.552. The van der Waals surface area contributed by atoms with Gasteiger partial charge < -0.3 is 5.73 Å². The molecule has 1 aromatic rings. The first-order valence-electron chi connectivity index (χ1n) is 5.62. The normalized spacial score (nSPS) is 20.9. The van der Waals surface area contributed by atoms with Gasteiger partial charge in [0.1, 0.15) is 4.90 Å². The molecule has 8 heteroatoms. The first kappa shape index (κ1) is 17.0. The Morgan fingerprint density at radius 3 is 2.58 bits per heavy atom. The Labute approximate surface area is 129 Å². The van der Waals surface area contributed by atoms with E-state index in [1.54, 1.807) is 0 Å². The fourth-order valence-corrected chi connectivity index (χ4v) is 4.30. The molecule has 0 unspecified atom stereocenters. The molecule has 0 aliphatic carbocycles. The third kappa shape index (κ3) is 3.74. The summed E-state index contributed by atoms with van der Waals surface area (Å²) >= 11 is 11.7. The Morgan fingerprint density at radius 1 is 1.32 bits per heavy atom. The smallest absolute Gasteiger partial charge is 0.244 e. The van der Waals surface area contributed by atoms with Crippen molar-refractivity contribution >= 4 is 45.6 Å². The minimum atomic E-state index is -3.58. The van der Waals surface area contributed by atoms with Crippen LogP contribution in [0.4, 0.5) is 0 Å². The van der Waals surface area contributed by atoms with Crippen LogP contribution in [0.1, 0.15) is 12.8 Å². The van der Waals surface area contributed by atoms with Crippen LogP contribution in [-0.4, -0.2) is 31.9 Å². The van der Waals surface area contributed by atoms with Gasteiger partial charge in [-0.3, -0.25) is 0 Å². The zero-order chi connectivity index (χ0) is 13.3. The molecule has 2 N–H and O–H groups in total. The summed E-state index contributed by atoms with van der Waals surface area (Å²) in [6.45, 7) is 0.816. The molecule has 1 atom stereocenters. The van der Waals surface area contributed by atoms with Crippen molar-refractivity contribution in [3.8, 4) is 0 Å². The first-order valence-corrected chi connectivity index (χ1v) is 7.81. The van der Waals surface area contributed by atoms with E-state index in [0.29, 0.717) is 18.1 Å². The topological polar surface area (TPSA) is 63.4 Å². The maximum absolute atomic E-state index is 12.4. The van der Waals surface area contributed by atoms with Crippen LogP contribution in [0.2, 0.25) is 10.0 Å². The number of piperidine rings is 1. The summed E-state index contributed by atoms with van der Waals surface area (Å²) in [7, 11) is -3.58. The summed E-state index contributed by atoms with van der Waals surface area (Å²) in [5.41, 5.74) is 5.80. The van der Waals surface area contributed by atoms with Gasteiger partial charge in [0.2, 0.25) is 10.0 Å². The van der Waals surface area contributed by atoms with Crippen molar-refractivity contribution in [1.29, 1.82) is 0 Å². The standard InChI is InChI=1S/C11H14Cl2N2O2S.ClH/c12-8-3-4-11(10(13)6-8)18(16,17)15-5-1-2-9(14)7-15;/h3-4,6,9H,1-2,5,7,14H2;1H/t9-;/m0./s1. The van der Waals surface area contributed by atoms with Gasteiger partial charge in [0, 0.05) is 24.2 Å². The summed E-state index contributed by atoms with van der Waals surface area (Å²) in [4.78, 5) is 0.0858. The van der Waals surface area contributed by atoms with Crippen LogP contribution in [0.5, 0.6) is 0 Å². The van der Waals surface area contributed by atoms with E-state index in [2.05, 4.69) is 0 Å². The van der Waals surface area contributed by atoms with Crippen molar-refractivity contribution in [3.63, 3.8) is 0 Å². The number of halogens is 3. The monoisotopic (exact) mass is 344 g/mol. The van der Waals surface area contributed by atoms with Crippen molar-refractivity contribution in [3.05, 3.63) is 28.2 Å².